The summed E-state index contributed by atoms with van der Waals surface area (Å²) in [5, 5.41) is 6.73. The summed E-state index contributed by atoms with van der Waals surface area (Å²) in [6.45, 7) is 1.97. The Kier molecular flexibility index (Phi) is 3.72. The molecule has 1 aromatic heterocycles. The number of nitrogens with zero attached hydrogens (tertiary/aromatic N) is 1. The molecular formula is C14H12ClIN2O2. The van der Waals surface area contributed by atoms with Crippen molar-refractivity contribution in [3.8, 4) is 11.6 Å². The maximum Gasteiger partial charge on any atom is 0.286 e. The number of rotatable bonds is 3. The molecule has 1 fully saturated rings. The Hall–Kier alpha value is -1.08. The van der Waals surface area contributed by atoms with Crippen LogP contribution in [0.25, 0.3) is 0 Å². The molecule has 0 atom stereocenters. The number of hydrogen-bond donors (Lipinski definition) is 1. The summed E-state index contributed by atoms with van der Waals surface area (Å²) in [6, 6.07) is 6.03. The minimum atomic E-state index is -0.292. The number of para-hydroxylation sites is 1. The van der Waals surface area contributed by atoms with Crippen LogP contribution in [0.2, 0.25) is 5.15 Å². The van der Waals surface area contributed by atoms with Crippen molar-refractivity contribution in [2.45, 2.75) is 25.7 Å². The molecule has 0 unspecified atom stereocenters. The SMILES string of the molecule is Cc1cccc(C2CC2)c1Oc1n[nH]c(Cl)c(I)c1=O. The molecule has 6 heteroatoms. The molecule has 0 spiro atoms. The number of halogens is 2. The number of aromatic nitrogens is 2. The molecule has 20 heavy (non-hydrogen) atoms. The Morgan fingerprint density at radius 1 is 1.45 bits per heavy atom. The zero-order chi connectivity index (χ0) is 14.3. The van der Waals surface area contributed by atoms with Crippen LogP contribution in [-0.2, 0) is 0 Å². The highest BCUT2D eigenvalue weighted by molar-refractivity contribution is 14.1. The van der Waals surface area contributed by atoms with Crippen molar-refractivity contribution in [3.63, 3.8) is 0 Å². The normalized spacial score (nSPS) is 14.3. The molecule has 1 N–H and O–H groups in total. The van der Waals surface area contributed by atoms with E-state index in [1.165, 1.54) is 12.8 Å². The van der Waals surface area contributed by atoms with Gasteiger partial charge in [-0.15, -0.1) is 5.10 Å². The molecule has 1 heterocycles. The predicted octanol–water partition coefficient (Wildman–Crippen LogP) is 4.01. The second-order valence-corrected chi connectivity index (χ2v) is 6.31. The number of aromatic amines is 1. The van der Waals surface area contributed by atoms with Gasteiger partial charge in [0.25, 0.3) is 11.3 Å². The van der Waals surface area contributed by atoms with E-state index in [-0.39, 0.29) is 16.5 Å². The first-order valence-corrected chi connectivity index (χ1v) is 7.74. The molecule has 0 amide bonds. The van der Waals surface area contributed by atoms with Crippen LogP contribution in [0.4, 0.5) is 0 Å². The van der Waals surface area contributed by atoms with Gasteiger partial charge >= 0.3 is 0 Å². The summed E-state index contributed by atoms with van der Waals surface area (Å²) in [7, 11) is 0. The van der Waals surface area contributed by atoms with Gasteiger partial charge in [0.2, 0.25) is 0 Å². The van der Waals surface area contributed by atoms with Crippen molar-refractivity contribution in [2.24, 2.45) is 0 Å². The van der Waals surface area contributed by atoms with Gasteiger partial charge in [-0.05, 0) is 59.4 Å². The van der Waals surface area contributed by atoms with Gasteiger partial charge in [0, 0.05) is 0 Å². The van der Waals surface area contributed by atoms with Crippen LogP contribution in [0, 0.1) is 10.5 Å². The Morgan fingerprint density at radius 3 is 2.90 bits per heavy atom. The first-order valence-electron chi connectivity index (χ1n) is 6.29. The van der Waals surface area contributed by atoms with Gasteiger partial charge in [-0.2, -0.15) is 0 Å². The largest absolute Gasteiger partial charge is 0.434 e. The van der Waals surface area contributed by atoms with Crippen LogP contribution < -0.4 is 10.2 Å². The van der Waals surface area contributed by atoms with E-state index in [9.17, 15) is 4.79 Å². The van der Waals surface area contributed by atoms with E-state index in [4.69, 9.17) is 16.3 Å². The smallest absolute Gasteiger partial charge is 0.286 e. The number of H-pyrrole nitrogens is 1. The number of benzene rings is 1. The molecule has 4 nitrogen and oxygen atoms in total. The monoisotopic (exact) mass is 402 g/mol. The van der Waals surface area contributed by atoms with Crippen LogP contribution in [-0.4, -0.2) is 10.2 Å². The molecule has 0 radical (unpaired) electrons. The lowest BCUT2D eigenvalue weighted by molar-refractivity contribution is 0.441. The molecule has 0 saturated heterocycles. The first kappa shape index (κ1) is 13.9. The lowest BCUT2D eigenvalue weighted by Crippen LogP contribution is -2.13. The maximum atomic E-state index is 12.1. The van der Waals surface area contributed by atoms with E-state index in [0.29, 0.717) is 9.49 Å². The third kappa shape index (κ3) is 2.56. The highest BCUT2D eigenvalue weighted by Crippen LogP contribution is 2.45. The Balaban J connectivity index is 2.04. The minimum Gasteiger partial charge on any atom is -0.434 e. The van der Waals surface area contributed by atoms with Gasteiger partial charge < -0.3 is 4.74 Å². The van der Waals surface area contributed by atoms with E-state index in [2.05, 4.69) is 16.3 Å². The lowest BCUT2D eigenvalue weighted by atomic mass is 10.1. The van der Waals surface area contributed by atoms with Crippen LogP contribution in [0.1, 0.15) is 29.9 Å². The number of aryl methyl sites for hydroxylation is 1. The van der Waals surface area contributed by atoms with E-state index < -0.39 is 0 Å². The second-order valence-electron chi connectivity index (χ2n) is 4.86. The van der Waals surface area contributed by atoms with Crippen molar-refractivity contribution in [1.29, 1.82) is 0 Å². The maximum absolute atomic E-state index is 12.1. The molecule has 104 valence electrons. The highest BCUT2D eigenvalue weighted by Gasteiger charge is 2.28. The Morgan fingerprint density at radius 2 is 2.20 bits per heavy atom. The van der Waals surface area contributed by atoms with Gasteiger partial charge in [-0.1, -0.05) is 29.8 Å². The van der Waals surface area contributed by atoms with Crippen LogP contribution in [0.5, 0.6) is 11.6 Å². The molecule has 1 aliphatic rings. The summed E-state index contributed by atoms with van der Waals surface area (Å²) in [5.74, 6) is 1.32. The zero-order valence-corrected chi connectivity index (χ0v) is 13.7. The summed E-state index contributed by atoms with van der Waals surface area (Å²) >= 11 is 7.72. The van der Waals surface area contributed by atoms with Crippen LogP contribution in [0.3, 0.4) is 0 Å². The van der Waals surface area contributed by atoms with Crippen LogP contribution >= 0.6 is 34.2 Å². The quantitative estimate of drug-likeness (QED) is 0.790. The van der Waals surface area contributed by atoms with E-state index in [0.717, 1.165) is 16.9 Å². The number of hydrogen-bond acceptors (Lipinski definition) is 3. The van der Waals surface area contributed by atoms with Gasteiger partial charge in [-0.25, -0.2) is 0 Å². The fraction of sp³-hybridized carbons (Fsp3) is 0.286. The fourth-order valence-corrected chi connectivity index (χ4v) is 2.57. The minimum absolute atomic E-state index is 0.0370. The number of ether oxygens (including phenoxy) is 1. The molecule has 0 aliphatic heterocycles. The molecule has 0 bridgehead atoms. The van der Waals surface area contributed by atoms with Crippen molar-refractivity contribution in [2.75, 3.05) is 0 Å². The van der Waals surface area contributed by atoms with Crippen LogP contribution in [0.15, 0.2) is 23.0 Å². The molecule has 3 rings (SSSR count). The fourth-order valence-electron chi connectivity index (χ4n) is 2.09. The van der Waals surface area contributed by atoms with E-state index in [1.807, 2.05) is 41.6 Å². The van der Waals surface area contributed by atoms with E-state index in [1.54, 1.807) is 0 Å². The average molecular weight is 403 g/mol. The van der Waals surface area contributed by atoms with Gasteiger partial charge in [0.1, 0.15) is 14.5 Å². The predicted molar refractivity (Wildman–Crippen MR) is 85.8 cm³/mol. The highest BCUT2D eigenvalue weighted by atomic mass is 127. The molecule has 2 aromatic rings. The Labute approximate surface area is 134 Å². The van der Waals surface area contributed by atoms with Gasteiger partial charge in [0.05, 0.1) is 0 Å². The average Bonchev–Trinajstić information content (AvgIpc) is 3.25. The first-order chi connectivity index (χ1) is 9.58. The molecule has 1 aliphatic carbocycles. The summed E-state index contributed by atoms with van der Waals surface area (Å²) in [6.07, 6.45) is 2.34. The van der Waals surface area contributed by atoms with Crippen molar-refractivity contribution in [3.05, 3.63) is 48.3 Å². The topological polar surface area (TPSA) is 55.0 Å². The third-order valence-electron chi connectivity index (χ3n) is 3.30. The van der Waals surface area contributed by atoms with Crippen molar-refractivity contribution in [1.82, 2.24) is 10.2 Å². The standard InChI is InChI=1S/C14H12ClIN2O2/c1-7-3-2-4-9(8-5-6-8)12(7)20-14-11(19)10(16)13(15)17-18-14/h2-4,8H,5-6H2,1H3,(H,17,19). The molecule has 1 saturated carbocycles. The van der Waals surface area contributed by atoms with Gasteiger partial charge in [0.15, 0.2) is 0 Å². The summed E-state index contributed by atoms with van der Waals surface area (Å²) < 4.78 is 6.17. The second kappa shape index (κ2) is 5.37. The lowest BCUT2D eigenvalue weighted by Gasteiger charge is -2.12. The third-order valence-corrected chi connectivity index (χ3v) is 4.92. The van der Waals surface area contributed by atoms with Crippen molar-refractivity contribution < 1.29 is 4.74 Å². The Bertz CT molecular complexity index is 726. The van der Waals surface area contributed by atoms with Gasteiger partial charge in [-0.3, -0.25) is 9.89 Å². The number of nitrogens with one attached hydrogen (secondary N) is 1. The zero-order valence-electron chi connectivity index (χ0n) is 10.7. The van der Waals surface area contributed by atoms with E-state index >= 15 is 0 Å². The summed E-state index contributed by atoms with van der Waals surface area (Å²) in [5.41, 5.74) is 1.86. The summed E-state index contributed by atoms with van der Waals surface area (Å²) in [4.78, 5) is 12.1. The molecule has 1 aromatic carbocycles. The van der Waals surface area contributed by atoms with Crippen molar-refractivity contribution >= 4 is 34.2 Å². The molecular weight excluding hydrogens is 391 g/mol.